The summed E-state index contributed by atoms with van der Waals surface area (Å²) < 4.78 is 9.00. The molecule has 5 heteroatoms. The summed E-state index contributed by atoms with van der Waals surface area (Å²) >= 11 is 0. The van der Waals surface area contributed by atoms with Crippen molar-refractivity contribution in [3.05, 3.63) is 175 Å². The molecule has 0 aliphatic rings. The van der Waals surface area contributed by atoms with Crippen LogP contribution in [0, 0.1) is 32.9 Å². The summed E-state index contributed by atoms with van der Waals surface area (Å²) in [5, 5.41) is 7.13. The third-order valence-electron chi connectivity index (χ3n) is 10.4. The van der Waals surface area contributed by atoms with E-state index >= 15 is 0 Å². The summed E-state index contributed by atoms with van der Waals surface area (Å²) in [4.78, 5) is 8.83. The van der Waals surface area contributed by atoms with Gasteiger partial charge in [0, 0.05) is 54.2 Å². The van der Waals surface area contributed by atoms with Gasteiger partial charge in [-0.3, -0.25) is 0 Å². The molecule has 4 nitrogen and oxygen atoms in total. The fourth-order valence-corrected chi connectivity index (χ4v) is 8.28. The quantitative estimate of drug-likeness (QED) is 0.166. The topological polar surface area (TPSA) is 43.3 Å². The number of rotatable bonds is 3. The van der Waals surface area contributed by atoms with Gasteiger partial charge in [0.15, 0.2) is 0 Å². The molecule has 11 rings (SSSR count). The molecule has 0 amide bonds. The first-order valence-corrected chi connectivity index (χ1v) is 17.9. The van der Waals surface area contributed by atoms with Crippen LogP contribution in [0.5, 0.6) is 0 Å². The van der Waals surface area contributed by atoms with Crippen LogP contribution < -0.4 is 0 Å². The van der Waals surface area contributed by atoms with E-state index in [1.165, 1.54) is 54.9 Å². The van der Waals surface area contributed by atoms with Gasteiger partial charge in [-0.25, -0.2) is 0 Å². The zero-order valence-electron chi connectivity index (χ0n) is 29.9. The molecule has 0 N–H and O–H groups in total. The second kappa shape index (κ2) is 13.4. The number of hydrogen-bond acceptors (Lipinski definition) is 3. The van der Waals surface area contributed by atoms with Gasteiger partial charge in [0.25, 0.3) is 0 Å². The van der Waals surface area contributed by atoms with Crippen molar-refractivity contribution in [2.75, 3.05) is 0 Å². The van der Waals surface area contributed by atoms with E-state index in [2.05, 4.69) is 114 Å². The van der Waals surface area contributed by atoms with Gasteiger partial charge in [-0.15, -0.1) is 59.7 Å². The molecule has 5 heterocycles. The number of hydrogen-bond donors (Lipinski definition) is 0. The SMILES string of the molecule is Cc1cc(C)c(-c2cc3c4cc(-c5ccccn5)[c-]cc4n4c5ccc6c7ccccc7oc6c5c(c2)c34)c(C)c1.[Ir].[c-]1ccccc1-c1ccccn1. The molecule has 0 aliphatic heterocycles. The van der Waals surface area contributed by atoms with Crippen molar-refractivity contribution < 1.29 is 24.5 Å². The Balaban J connectivity index is 0.000000253. The van der Waals surface area contributed by atoms with E-state index in [0.717, 1.165) is 55.5 Å². The number of aromatic nitrogens is 3. The van der Waals surface area contributed by atoms with Crippen LogP contribution in [0.1, 0.15) is 16.7 Å². The average Bonchev–Trinajstić information content (AvgIpc) is 3.85. The summed E-state index contributed by atoms with van der Waals surface area (Å²) in [6, 6.07) is 52.9. The summed E-state index contributed by atoms with van der Waals surface area (Å²) in [6.45, 7) is 6.62. The molecule has 0 bridgehead atoms. The number of pyridine rings is 2. The van der Waals surface area contributed by atoms with Gasteiger partial charge in [-0.1, -0.05) is 65.5 Å². The van der Waals surface area contributed by atoms with E-state index in [1.807, 2.05) is 72.9 Å². The summed E-state index contributed by atoms with van der Waals surface area (Å²) in [6.07, 6.45) is 3.63. The Morgan fingerprint density at radius 1 is 0.574 bits per heavy atom. The van der Waals surface area contributed by atoms with E-state index in [1.54, 1.807) is 6.20 Å². The smallest absolute Gasteiger partial charge is 0.145 e. The van der Waals surface area contributed by atoms with Crippen LogP contribution >= 0.6 is 0 Å². The van der Waals surface area contributed by atoms with Crippen molar-refractivity contribution in [2.45, 2.75) is 20.8 Å². The third kappa shape index (κ3) is 5.39. The molecule has 54 heavy (non-hydrogen) atoms. The van der Waals surface area contributed by atoms with E-state index in [0.29, 0.717) is 0 Å². The van der Waals surface area contributed by atoms with Crippen molar-refractivity contribution in [2.24, 2.45) is 0 Å². The fourth-order valence-electron chi connectivity index (χ4n) is 8.28. The van der Waals surface area contributed by atoms with Crippen LogP contribution in [-0.4, -0.2) is 14.4 Å². The standard InChI is InChI=1S/C38H25N2O.C11H8N.Ir/c1-21-16-22(2)35(23(3)17-21)25-19-29-28-18-24(31-9-6-7-15-39-31)11-13-32(28)40-33-14-12-27-26-8-4-5-10-34(26)41-38(27)36(33)30(20-25)37(29)40;1-2-6-10(7-3-1)11-8-4-5-9-12-11;/h4-10,12-20H,1-3H3;1-6,8-9H;/q2*-1;. The molecule has 0 fully saturated rings. The van der Waals surface area contributed by atoms with Crippen LogP contribution in [0.25, 0.3) is 93.7 Å². The molecule has 1 radical (unpaired) electrons. The first kappa shape index (κ1) is 33.7. The number of furan rings is 1. The Labute approximate surface area is 326 Å². The minimum Gasteiger partial charge on any atom is -0.455 e. The van der Waals surface area contributed by atoms with Crippen molar-refractivity contribution in [1.82, 2.24) is 14.4 Å². The number of fused-ring (bicyclic) bond motifs is 10. The number of para-hydroxylation sites is 1. The van der Waals surface area contributed by atoms with Gasteiger partial charge in [0.2, 0.25) is 0 Å². The molecule has 11 aromatic rings. The molecule has 6 aromatic carbocycles. The molecular weight excluding hydrogens is 839 g/mol. The van der Waals surface area contributed by atoms with E-state index in [-0.39, 0.29) is 20.1 Å². The maximum absolute atomic E-state index is 6.60. The summed E-state index contributed by atoms with van der Waals surface area (Å²) in [5.41, 5.74) is 15.7. The Morgan fingerprint density at radius 2 is 1.28 bits per heavy atom. The zero-order valence-corrected chi connectivity index (χ0v) is 32.3. The van der Waals surface area contributed by atoms with Gasteiger partial charge in [-0.05, 0) is 108 Å². The largest absolute Gasteiger partial charge is 0.455 e. The minimum atomic E-state index is 0. The van der Waals surface area contributed by atoms with Crippen molar-refractivity contribution >= 4 is 60.0 Å². The molecule has 0 spiro atoms. The Hall–Kier alpha value is -6.13. The first-order chi connectivity index (χ1) is 26.0. The summed E-state index contributed by atoms with van der Waals surface area (Å²) in [5.74, 6) is 0. The van der Waals surface area contributed by atoms with E-state index in [4.69, 9.17) is 4.42 Å². The van der Waals surface area contributed by atoms with Crippen LogP contribution in [0.3, 0.4) is 0 Å². The fraction of sp³-hybridized carbons (Fsp3) is 0.0612. The van der Waals surface area contributed by atoms with Crippen LogP contribution in [0.2, 0.25) is 0 Å². The van der Waals surface area contributed by atoms with Crippen LogP contribution in [-0.2, 0) is 20.1 Å². The van der Waals surface area contributed by atoms with Gasteiger partial charge in [0.05, 0.1) is 10.9 Å². The second-order valence-electron chi connectivity index (χ2n) is 13.8. The molecule has 5 aromatic heterocycles. The predicted octanol–water partition coefficient (Wildman–Crippen LogP) is 12.7. The Kier molecular flexibility index (Phi) is 8.34. The van der Waals surface area contributed by atoms with E-state index in [9.17, 15) is 0 Å². The molecule has 0 saturated carbocycles. The molecular formula is C49H33IrN3O-2. The number of nitrogens with zero attached hydrogens (tertiary/aromatic N) is 3. The molecule has 0 aliphatic carbocycles. The maximum atomic E-state index is 6.60. The maximum Gasteiger partial charge on any atom is 0.145 e. The number of aryl methyl sites for hydroxylation is 3. The van der Waals surface area contributed by atoms with Gasteiger partial charge < -0.3 is 18.8 Å². The summed E-state index contributed by atoms with van der Waals surface area (Å²) in [7, 11) is 0. The zero-order chi connectivity index (χ0) is 35.6. The van der Waals surface area contributed by atoms with Gasteiger partial charge >= 0.3 is 0 Å². The van der Waals surface area contributed by atoms with Crippen molar-refractivity contribution in [1.29, 1.82) is 0 Å². The van der Waals surface area contributed by atoms with Crippen LogP contribution in [0.4, 0.5) is 0 Å². The molecule has 0 atom stereocenters. The molecule has 261 valence electrons. The first-order valence-electron chi connectivity index (χ1n) is 17.9. The van der Waals surface area contributed by atoms with Gasteiger partial charge in [-0.2, -0.15) is 0 Å². The number of benzene rings is 6. The van der Waals surface area contributed by atoms with Gasteiger partial charge in [0.1, 0.15) is 11.2 Å². The molecule has 0 unspecified atom stereocenters. The van der Waals surface area contributed by atoms with Crippen LogP contribution in [0.15, 0.2) is 150 Å². The molecule has 0 saturated heterocycles. The predicted molar refractivity (Wildman–Crippen MR) is 219 cm³/mol. The van der Waals surface area contributed by atoms with E-state index < -0.39 is 0 Å². The average molecular weight is 872 g/mol. The monoisotopic (exact) mass is 872 g/mol. The Bertz CT molecular complexity index is 3070. The van der Waals surface area contributed by atoms with Crippen molar-refractivity contribution in [3.63, 3.8) is 0 Å². The third-order valence-corrected chi connectivity index (χ3v) is 10.4. The van der Waals surface area contributed by atoms with Crippen molar-refractivity contribution in [3.8, 4) is 33.6 Å². The minimum absolute atomic E-state index is 0. The normalized spacial score (nSPS) is 11.5. The second-order valence-corrected chi connectivity index (χ2v) is 13.8. The Morgan fingerprint density at radius 3 is 2.00 bits per heavy atom.